The van der Waals surface area contributed by atoms with E-state index in [4.69, 9.17) is 0 Å². The number of nitrogens with one attached hydrogen (secondary N) is 2. The van der Waals surface area contributed by atoms with Crippen LogP contribution >= 0.6 is 0 Å². The maximum Gasteiger partial charge on any atom is 0.416 e. The Balaban J connectivity index is 1.98. The Morgan fingerprint density at radius 1 is 1.25 bits per heavy atom. The first-order chi connectivity index (χ1) is 11.2. The molecule has 1 aliphatic rings. The van der Waals surface area contributed by atoms with E-state index in [-0.39, 0.29) is 18.0 Å². The molecule has 2 N–H and O–H groups in total. The summed E-state index contributed by atoms with van der Waals surface area (Å²) in [5.41, 5.74) is 4.10. The lowest BCUT2D eigenvalue weighted by Crippen LogP contribution is -2.49. The summed E-state index contributed by atoms with van der Waals surface area (Å²) in [5.74, 6) is 0.0893. The molecule has 5 nitrogen and oxygen atoms in total. The lowest BCUT2D eigenvalue weighted by atomic mass is 9.99. The van der Waals surface area contributed by atoms with Crippen molar-refractivity contribution in [2.24, 2.45) is 0 Å². The smallest absolute Gasteiger partial charge is 0.330 e. The molecule has 2 atom stereocenters. The van der Waals surface area contributed by atoms with Gasteiger partial charge in [0.2, 0.25) is 0 Å². The molecule has 0 radical (unpaired) electrons. The van der Waals surface area contributed by atoms with Gasteiger partial charge in [0.05, 0.1) is 11.3 Å². The van der Waals surface area contributed by atoms with E-state index >= 15 is 0 Å². The van der Waals surface area contributed by atoms with Crippen LogP contribution in [0.1, 0.15) is 52.9 Å². The number of amides is 1. The third kappa shape index (κ3) is 2.72. The molecule has 1 aliphatic heterocycles. The first kappa shape index (κ1) is 16.4. The van der Waals surface area contributed by atoms with Crippen molar-refractivity contribution in [3.63, 3.8) is 0 Å². The van der Waals surface area contributed by atoms with Crippen LogP contribution in [0.5, 0.6) is 0 Å². The molecular weight excluding hydrogens is 321 g/mol. The predicted octanol–water partition coefficient (Wildman–Crippen LogP) is 3.00. The number of hydrogen-bond donors (Lipinski definition) is 2. The number of nitrogens with zero attached hydrogens (tertiary/aromatic N) is 2. The van der Waals surface area contributed by atoms with Crippen LogP contribution in [-0.4, -0.2) is 21.7 Å². The Morgan fingerprint density at radius 3 is 2.46 bits per heavy atom. The van der Waals surface area contributed by atoms with E-state index in [1.54, 1.807) is 18.5 Å². The lowest BCUT2D eigenvalue weighted by Gasteiger charge is -2.27. The Kier molecular flexibility index (Phi) is 3.77. The molecule has 2 aromatic rings. The van der Waals surface area contributed by atoms with Gasteiger partial charge in [-0.3, -0.25) is 4.79 Å². The number of carbonyl (C=O) groups excluding carboxylic acids is 1. The van der Waals surface area contributed by atoms with Crippen molar-refractivity contribution in [3.05, 3.63) is 52.6 Å². The second-order valence-corrected chi connectivity index (χ2v) is 5.91. The molecule has 8 heteroatoms. The molecule has 0 fully saturated rings. The number of rotatable bonds is 2. The number of benzene rings is 1. The largest absolute Gasteiger partial charge is 0.416 e. The molecule has 128 valence electrons. The molecule has 2 heterocycles. The van der Waals surface area contributed by atoms with E-state index in [0.29, 0.717) is 22.8 Å². The fraction of sp³-hybridized carbons (Fsp3) is 0.375. The van der Waals surface area contributed by atoms with Crippen molar-refractivity contribution in [1.29, 1.82) is 0 Å². The summed E-state index contributed by atoms with van der Waals surface area (Å²) < 4.78 is 39.7. The van der Waals surface area contributed by atoms with E-state index in [0.717, 1.165) is 12.1 Å². The van der Waals surface area contributed by atoms with Crippen molar-refractivity contribution >= 4 is 5.91 Å². The molecule has 0 saturated heterocycles. The van der Waals surface area contributed by atoms with Crippen LogP contribution in [0.15, 0.2) is 24.3 Å². The average molecular weight is 338 g/mol. The van der Waals surface area contributed by atoms with Crippen LogP contribution in [0, 0.1) is 6.92 Å². The number of alkyl halides is 3. The Morgan fingerprint density at radius 2 is 1.88 bits per heavy atom. The zero-order valence-electron chi connectivity index (χ0n) is 13.4. The van der Waals surface area contributed by atoms with E-state index in [1.807, 2.05) is 6.92 Å². The van der Waals surface area contributed by atoms with Crippen molar-refractivity contribution in [3.8, 4) is 0 Å². The van der Waals surface area contributed by atoms with Crippen molar-refractivity contribution < 1.29 is 18.0 Å². The van der Waals surface area contributed by atoms with E-state index in [9.17, 15) is 18.0 Å². The van der Waals surface area contributed by atoms with Gasteiger partial charge < -0.3 is 10.7 Å². The molecular formula is C16H17F3N4O. The molecule has 1 aromatic carbocycles. The highest BCUT2D eigenvalue weighted by molar-refractivity contribution is 5.95. The van der Waals surface area contributed by atoms with Crippen LogP contribution < -0.4 is 10.7 Å². The summed E-state index contributed by atoms with van der Waals surface area (Å²) in [6.07, 6.45) is -4.63. The normalized spacial score (nSPS) is 18.6. The first-order valence-electron chi connectivity index (χ1n) is 7.52. The molecule has 0 aliphatic carbocycles. The minimum absolute atomic E-state index is 0.225. The second-order valence-electron chi connectivity index (χ2n) is 5.91. The van der Waals surface area contributed by atoms with Crippen LogP contribution in [0.2, 0.25) is 0 Å². The molecule has 0 spiro atoms. The molecule has 3 rings (SSSR count). The summed E-state index contributed by atoms with van der Waals surface area (Å²) in [6, 6.07) is 5.00. The number of hydrogen-bond acceptors (Lipinski definition) is 3. The van der Waals surface area contributed by atoms with Gasteiger partial charge in [0.1, 0.15) is 12.0 Å². The maximum absolute atomic E-state index is 12.7. The summed E-state index contributed by atoms with van der Waals surface area (Å²) in [7, 11) is 0. The molecule has 24 heavy (non-hydrogen) atoms. The summed E-state index contributed by atoms with van der Waals surface area (Å²) >= 11 is 0. The van der Waals surface area contributed by atoms with Gasteiger partial charge in [-0.25, -0.2) is 9.66 Å². The average Bonchev–Trinajstić information content (AvgIpc) is 2.82. The van der Waals surface area contributed by atoms with Gasteiger partial charge in [0.15, 0.2) is 5.69 Å². The highest BCUT2D eigenvalue weighted by Crippen LogP contribution is 2.32. The minimum atomic E-state index is -4.36. The minimum Gasteiger partial charge on any atom is -0.330 e. The fourth-order valence-electron chi connectivity index (χ4n) is 2.84. The highest BCUT2D eigenvalue weighted by Gasteiger charge is 2.32. The number of fused-ring (bicyclic) bond motifs is 1. The van der Waals surface area contributed by atoms with Gasteiger partial charge in [-0.2, -0.15) is 13.2 Å². The van der Waals surface area contributed by atoms with E-state index in [2.05, 4.69) is 15.7 Å². The number of aryl methyl sites for hydroxylation is 1. The van der Waals surface area contributed by atoms with Gasteiger partial charge in [-0.15, -0.1) is 0 Å². The standard InChI is InChI=1S/C16H17F3N4O/c1-8(11-4-6-12(7-5-11)16(17,18)19)14-20-9(2)13-15(24)21-10(3)22-23(13)14/h4-8,10,22H,1-3H3,(H,21,24)/t8-,10?/m1/s1. The highest BCUT2D eigenvalue weighted by atomic mass is 19.4. The molecule has 0 bridgehead atoms. The van der Waals surface area contributed by atoms with Crippen LogP contribution in [0.4, 0.5) is 13.2 Å². The summed E-state index contributed by atoms with van der Waals surface area (Å²) in [4.78, 5) is 16.5. The van der Waals surface area contributed by atoms with E-state index in [1.165, 1.54) is 12.1 Å². The predicted molar refractivity (Wildman–Crippen MR) is 82.2 cm³/mol. The van der Waals surface area contributed by atoms with Crippen molar-refractivity contribution in [1.82, 2.24) is 15.0 Å². The molecule has 1 aromatic heterocycles. The zero-order chi connectivity index (χ0) is 17.6. The first-order valence-corrected chi connectivity index (χ1v) is 7.52. The molecule has 0 saturated carbocycles. The second kappa shape index (κ2) is 5.54. The maximum atomic E-state index is 12.7. The quantitative estimate of drug-likeness (QED) is 0.885. The zero-order valence-corrected chi connectivity index (χ0v) is 13.4. The Labute approximate surface area is 136 Å². The third-order valence-corrected chi connectivity index (χ3v) is 4.09. The van der Waals surface area contributed by atoms with Gasteiger partial charge in [-0.05, 0) is 31.5 Å². The number of halogens is 3. The lowest BCUT2D eigenvalue weighted by molar-refractivity contribution is -0.137. The summed E-state index contributed by atoms with van der Waals surface area (Å²) in [5, 5.41) is 2.76. The van der Waals surface area contributed by atoms with Crippen molar-refractivity contribution in [2.45, 2.75) is 39.0 Å². The number of imidazole rings is 1. The fourth-order valence-corrected chi connectivity index (χ4v) is 2.84. The summed E-state index contributed by atoms with van der Waals surface area (Å²) in [6.45, 7) is 5.37. The number of carbonyl (C=O) groups is 1. The van der Waals surface area contributed by atoms with Crippen LogP contribution in [0.3, 0.4) is 0 Å². The van der Waals surface area contributed by atoms with E-state index < -0.39 is 11.7 Å². The van der Waals surface area contributed by atoms with Gasteiger partial charge >= 0.3 is 6.18 Å². The van der Waals surface area contributed by atoms with Gasteiger partial charge in [0.25, 0.3) is 5.91 Å². The van der Waals surface area contributed by atoms with Gasteiger partial charge in [-0.1, -0.05) is 19.1 Å². The monoisotopic (exact) mass is 338 g/mol. The SMILES string of the molecule is Cc1nc([C@H](C)c2ccc(C(F)(F)F)cc2)n2c1C(=O)NC(C)N2. The Hall–Kier alpha value is -2.51. The van der Waals surface area contributed by atoms with Crippen molar-refractivity contribution in [2.75, 3.05) is 5.43 Å². The van der Waals surface area contributed by atoms with Crippen LogP contribution in [0.25, 0.3) is 0 Å². The Bertz CT molecular complexity index is 780. The molecule has 1 amide bonds. The molecule has 1 unspecified atom stereocenters. The number of aromatic nitrogens is 2. The topological polar surface area (TPSA) is 59.0 Å². The van der Waals surface area contributed by atoms with Gasteiger partial charge in [0, 0.05) is 5.92 Å². The van der Waals surface area contributed by atoms with Crippen LogP contribution in [-0.2, 0) is 6.18 Å². The third-order valence-electron chi connectivity index (χ3n) is 4.09.